The average Bonchev–Trinajstić information content (AvgIpc) is 2.14. The molecule has 0 heterocycles. The van der Waals surface area contributed by atoms with E-state index in [2.05, 4.69) is 0 Å². The summed E-state index contributed by atoms with van der Waals surface area (Å²) in [6.45, 7) is -0.0749. The van der Waals surface area contributed by atoms with Crippen LogP contribution in [0.5, 0.6) is 5.75 Å². The monoisotopic (exact) mass is 199 g/mol. The molecule has 0 atom stereocenters. The fraction of sp³-hybridized carbons (Fsp3) is 0.222. The average molecular weight is 199 g/mol. The summed E-state index contributed by atoms with van der Waals surface area (Å²) in [4.78, 5) is 10.6. The third-order valence-corrected chi connectivity index (χ3v) is 1.57. The Morgan fingerprint density at radius 2 is 2.29 bits per heavy atom. The first kappa shape index (κ1) is 10.5. The number of aliphatic hydroxyl groups is 1. The van der Waals surface area contributed by atoms with Gasteiger partial charge in [0.15, 0.2) is 0 Å². The van der Waals surface area contributed by atoms with E-state index in [0.29, 0.717) is 0 Å². The second-order valence-corrected chi connectivity index (χ2v) is 2.58. The van der Waals surface area contributed by atoms with Crippen molar-refractivity contribution in [3.63, 3.8) is 0 Å². The first-order valence-corrected chi connectivity index (χ1v) is 3.98. The van der Waals surface area contributed by atoms with Crippen molar-refractivity contribution >= 4 is 5.91 Å². The van der Waals surface area contributed by atoms with Crippen molar-refractivity contribution in [3.8, 4) is 5.75 Å². The Bertz CT molecular complexity index is 341. The number of aliphatic hydroxyl groups excluding tert-OH is 1. The van der Waals surface area contributed by atoms with Gasteiger partial charge in [0.1, 0.15) is 18.2 Å². The van der Waals surface area contributed by atoms with Gasteiger partial charge in [0.05, 0.1) is 12.2 Å². The van der Waals surface area contributed by atoms with E-state index in [0.717, 1.165) is 6.07 Å². The lowest BCUT2D eigenvalue weighted by Crippen LogP contribution is -2.13. The van der Waals surface area contributed by atoms with Crippen molar-refractivity contribution in [1.29, 1.82) is 0 Å². The lowest BCUT2D eigenvalue weighted by Gasteiger charge is -2.05. The Morgan fingerprint density at radius 1 is 1.57 bits per heavy atom. The molecule has 0 bridgehead atoms. The van der Waals surface area contributed by atoms with Gasteiger partial charge in [-0.05, 0) is 12.1 Å². The normalized spacial score (nSPS) is 9.86. The molecule has 1 aromatic carbocycles. The molecule has 0 fully saturated rings. The van der Waals surface area contributed by atoms with Crippen molar-refractivity contribution in [2.24, 2.45) is 5.73 Å². The Morgan fingerprint density at radius 3 is 2.79 bits per heavy atom. The van der Waals surface area contributed by atoms with Gasteiger partial charge in [0.25, 0.3) is 5.91 Å². The first-order valence-electron chi connectivity index (χ1n) is 3.98. The van der Waals surface area contributed by atoms with E-state index in [-0.39, 0.29) is 24.5 Å². The van der Waals surface area contributed by atoms with Crippen molar-refractivity contribution < 1.29 is 19.0 Å². The SMILES string of the molecule is NC(=O)c1ccc(OCCO)cc1F. The summed E-state index contributed by atoms with van der Waals surface area (Å²) in [5.41, 5.74) is 4.73. The van der Waals surface area contributed by atoms with Crippen LogP contribution in [0.4, 0.5) is 4.39 Å². The lowest BCUT2D eigenvalue weighted by atomic mass is 10.2. The molecule has 14 heavy (non-hydrogen) atoms. The van der Waals surface area contributed by atoms with Crippen molar-refractivity contribution in [3.05, 3.63) is 29.6 Å². The van der Waals surface area contributed by atoms with Crippen LogP contribution in [0.15, 0.2) is 18.2 Å². The second kappa shape index (κ2) is 4.57. The molecule has 0 spiro atoms. The molecule has 0 aromatic heterocycles. The Balaban J connectivity index is 2.83. The molecule has 0 saturated carbocycles. The van der Waals surface area contributed by atoms with Gasteiger partial charge in [-0.15, -0.1) is 0 Å². The highest BCUT2D eigenvalue weighted by Crippen LogP contribution is 2.15. The number of primary amides is 1. The number of carbonyl (C=O) groups excluding carboxylic acids is 1. The summed E-state index contributed by atoms with van der Waals surface area (Å²) >= 11 is 0. The molecule has 76 valence electrons. The molecule has 3 N–H and O–H groups in total. The minimum absolute atomic E-state index is 0.0787. The minimum atomic E-state index is -0.823. The van der Waals surface area contributed by atoms with Crippen LogP contribution in [-0.4, -0.2) is 24.2 Å². The molecule has 1 amide bonds. The van der Waals surface area contributed by atoms with E-state index in [1.165, 1.54) is 12.1 Å². The maximum atomic E-state index is 13.1. The van der Waals surface area contributed by atoms with E-state index < -0.39 is 11.7 Å². The van der Waals surface area contributed by atoms with E-state index in [1.807, 2.05) is 0 Å². The van der Waals surface area contributed by atoms with Gasteiger partial charge < -0.3 is 15.6 Å². The summed E-state index contributed by atoms with van der Waals surface area (Å²) < 4.78 is 18.0. The lowest BCUT2D eigenvalue weighted by molar-refractivity contribution is 0.0996. The quantitative estimate of drug-likeness (QED) is 0.732. The van der Waals surface area contributed by atoms with Gasteiger partial charge in [-0.3, -0.25) is 4.79 Å². The highest BCUT2D eigenvalue weighted by atomic mass is 19.1. The Hall–Kier alpha value is -1.62. The van der Waals surface area contributed by atoms with E-state index in [9.17, 15) is 9.18 Å². The van der Waals surface area contributed by atoms with Gasteiger partial charge >= 0.3 is 0 Å². The first-order chi connectivity index (χ1) is 6.65. The molecular formula is C9H10FNO3. The molecule has 5 heteroatoms. The summed E-state index contributed by atoms with van der Waals surface area (Å²) in [5, 5.41) is 8.45. The molecule has 0 radical (unpaired) electrons. The van der Waals surface area contributed by atoms with Crippen molar-refractivity contribution in [1.82, 2.24) is 0 Å². The standard InChI is InChI=1S/C9H10FNO3/c10-8-5-6(14-4-3-12)1-2-7(8)9(11)13/h1-2,5,12H,3-4H2,(H2,11,13). The van der Waals surface area contributed by atoms with Crippen LogP contribution in [-0.2, 0) is 0 Å². The van der Waals surface area contributed by atoms with E-state index >= 15 is 0 Å². The van der Waals surface area contributed by atoms with Gasteiger partial charge in [0, 0.05) is 6.07 Å². The largest absolute Gasteiger partial charge is 0.491 e. The number of benzene rings is 1. The zero-order valence-electron chi connectivity index (χ0n) is 7.37. The van der Waals surface area contributed by atoms with Crippen LogP contribution >= 0.6 is 0 Å². The molecule has 1 aromatic rings. The zero-order valence-corrected chi connectivity index (χ0v) is 7.37. The van der Waals surface area contributed by atoms with Crippen molar-refractivity contribution in [2.75, 3.05) is 13.2 Å². The number of halogens is 1. The number of hydrogen-bond donors (Lipinski definition) is 2. The molecule has 0 saturated heterocycles. The third kappa shape index (κ3) is 2.43. The highest BCUT2D eigenvalue weighted by molar-refractivity contribution is 5.93. The van der Waals surface area contributed by atoms with Gasteiger partial charge in [-0.25, -0.2) is 4.39 Å². The fourth-order valence-electron chi connectivity index (χ4n) is 0.949. The maximum Gasteiger partial charge on any atom is 0.251 e. The molecule has 4 nitrogen and oxygen atoms in total. The number of amides is 1. The number of rotatable bonds is 4. The molecular weight excluding hydrogens is 189 g/mol. The minimum Gasteiger partial charge on any atom is -0.491 e. The smallest absolute Gasteiger partial charge is 0.251 e. The third-order valence-electron chi connectivity index (χ3n) is 1.57. The van der Waals surface area contributed by atoms with E-state index in [1.54, 1.807) is 0 Å². The van der Waals surface area contributed by atoms with Gasteiger partial charge in [-0.2, -0.15) is 0 Å². The van der Waals surface area contributed by atoms with Crippen LogP contribution in [0.25, 0.3) is 0 Å². The number of ether oxygens (including phenoxy) is 1. The number of carbonyl (C=O) groups is 1. The van der Waals surface area contributed by atoms with Crippen LogP contribution < -0.4 is 10.5 Å². The summed E-state index contributed by atoms with van der Waals surface area (Å²) in [7, 11) is 0. The summed E-state index contributed by atoms with van der Waals surface area (Å²) in [6, 6.07) is 3.71. The highest BCUT2D eigenvalue weighted by Gasteiger charge is 2.08. The fourth-order valence-corrected chi connectivity index (χ4v) is 0.949. The summed E-state index contributed by atoms with van der Waals surface area (Å²) in [6.07, 6.45) is 0. The van der Waals surface area contributed by atoms with Gasteiger partial charge in [-0.1, -0.05) is 0 Å². The molecule has 0 aliphatic carbocycles. The van der Waals surface area contributed by atoms with Crippen LogP contribution in [0, 0.1) is 5.82 Å². The maximum absolute atomic E-state index is 13.1. The Labute approximate surface area is 80.1 Å². The van der Waals surface area contributed by atoms with Crippen molar-refractivity contribution in [2.45, 2.75) is 0 Å². The predicted octanol–water partition coefficient (Wildman–Crippen LogP) is 0.296. The molecule has 0 aliphatic rings. The molecule has 0 aliphatic heterocycles. The predicted molar refractivity (Wildman–Crippen MR) is 47.5 cm³/mol. The van der Waals surface area contributed by atoms with Crippen LogP contribution in [0.1, 0.15) is 10.4 Å². The molecule has 0 unspecified atom stereocenters. The topological polar surface area (TPSA) is 72.6 Å². The molecule has 1 rings (SSSR count). The van der Waals surface area contributed by atoms with Gasteiger partial charge in [0.2, 0.25) is 0 Å². The van der Waals surface area contributed by atoms with E-state index in [4.69, 9.17) is 15.6 Å². The number of nitrogens with two attached hydrogens (primary N) is 1. The summed E-state index contributed by atoms with van der Waals surface area (Å²) in [5.74, 6) is -1.30. The van der Waals surface area contributed by atoms with Crippen LogP contribution in [0.2, 0.25) is 0 Å². The number of hydrogen-bond acceptors (Lipinski definition) is 3. The van der Waals surface area contributed by atoms with Crippen LogP contribution in [0.3, 0.4) is 0 Å². The second-order valence-electron chi connectivity index (χ2n) is 2.58. The Kier molecular flexibility index (Phi) is 3.41. The zero-order chi connectivity index (χ0) is 10.6.